The number of Topliss-reactive ketones (excluding diaryl/α,β-unsaturated/α-hetero) is 1. The van der Waals surface area contributed by atoms with Crippen LogP contribution in [0, 0.1) is 0 Å². The predicted octanol–water partition coefficient (Wildman–Crippen LogP) is 4.74. The Labute approximate surface area is 150 Å². The van der Waals surface area contributed by atoms with E-state index in [1.54, 1.807) is 31.4 Å². The van der Waals surface area contributed by atoms with Gasteiger partial charge in [0, 0.05) is 17.3 Å². The molecule has 0 aliphatic heterocycles. The summed E-state index contributed by atoms with van der Waals surface area (Å²) < 4.78 is 6.43. The number of likely N-dealkylation sites (N-methyl/N-ethyl adjacent to an activating group) is 1. The first-order valence-corrected chi connectivity index (χ1v) is 8.89. The monoisotopic (exact) mass is 353 g/mol. The van der Waals surface area contributed by atoms with E-state index in [2.05, 4.69) is 0 Å². The maximum Gasteiger partial charge on any atom is 0.410 e. The molecule has 25 heavy (non-hydrogen) atoms. The molecule has 1 aromatic heterocycles. The molecule has 1 amide bonds. The van der Waals surface area contributed by atoms with Crippen LogP contribution >= 0.6 is 11.3 Å². The predicted molar refractivity (Wildman–Crippen MR) is 100 cm³/mol. The normalized spacial score (nSPS) is 11.9. The van der Waals surface area contributed by atoms with Crippen LogP contribution in [0.25, 0.3) is 10.1 Å². The SMILES string of the molecule is CC(C(=O)c1ccc2sccc2c1)N(C)C(=O)OCc1ccccc1. The Bertz CT molecular complexity index is 888. The molecule has 2 aromatic carbocycles. The number of rotatable bonds is 5. The zero-order valence-corrected chi connectivity index (χ0v) is 15.0. The van der Waals surface area contributed by atoms with Crippen molar-refractivity contribution in [3.05, 3.63) is 71.1 Å². The second-order valence-electron chi connectivity index (χ2n) is 5.86. The molecule has 4 nitrogen and oxygen atoms in total. The van der Waals surface area contributed by atoms with Gasteiger partial charge in [-0.25, -0.2) is 4.79 Å². The molecule has 0 spiro atoms. The Kier molecular flexibility index (Phi) is 5.14. The van der Waals surface area contributed by atoms with Gasteiger partial charge in [-0.05, 0) is 47.5 Å². The first-order chi connectivity index (χ1) is 12.1. The molecule has 5 heteroatoms. The summed E-state index contributed by atoms with van der Waals surface area (Å²) in [6.07, 6.45) is -0.513. The number of amides is 1. The number of ether oxygens (including phenoxy) is 1. The van der Waals surface area contributed by atoms with Gasteiger partial charge in [0.15, 0.2) is 5.78 Å². The molecule has 3 rings (SSSR count). The fourth-order valence-corrected chi connectivity index (χ4v) is 3.29. The zero-order valence-electron chi connectivity index (χ0n) is 14.1. The number of ketones is 1. The maximum atomic E-state index is 12.7. The highest BCUT2D eigenvalue weighted by Gasteiger charge is 2.24. The number of carbonyl (C=O) groups excluding carboxylic acids is 2. The molecule has 3 aromatic rings. The average Bonchev–Trinajstić information content (AvgIpc) is 3.12. The number of carbonyl (C=O) groups is 2. The summed E-state index contributed by atoms with van der Waals surface area (Å²) in [5, 5.41) is 3.03. The van der Waals surface area contributed by atoms with Crippen molar-refractivity contribution in [1.29, 1.82) is 0 Å². The Hall–Kier alpha value is -2.66. The minimum absolute atomic E-state index is 0.104. The molecular formula is C20H19NO3S. The van der Waals surface area contributed by atoms with Crippen LogP contribution in [0.2, 0.25) is 0 Å². The number of thiophene rings is 1. The van der Waals surface area contributed by atoms with Crippen LogP contribution in [0.15, 0.2) is 60.0 Å². The third-order valence-corrected chi connectivity index (χ3v) is 5.09. The Morgan fingerprint density at radius 2 is 1.88 bits per heavy atom. The molecule has 1 atom stereocenters. The topological polar surface area (TPSA) is 46.6 Å². The summed E-state index contributed by atoms with van der Waals surface area (Å²) in [5.41, 5.74) is 1.51. The lowest BCUT2D eigenvalue weighted by molar-refractivity contribution is 0.0741. The van der Waals surface area contributed by atoms with Crippen LogP contribution in [-0.2, 0) is 11.3 Å². The van der Waals surface area contributed by atoms with Crippen LogP contribution < -0.4 is 0 Å². The van der Waals surface area contributed by atoms with E-state index in [-0.39, 0.29) is 12.4 Å². The van der Waals surface area contributed by atoms with Gasteiger partial charge in [0.2, 0.25) is 0 Å². The number of hydrogen-bond donors (Lipinski definition) is 0. The van der Waals surface area contributed by atoms with Crippen LogP contribution in [0.3, 0.4) is 0 Å². The quantitative estimate of drug-likeness (QED) is 0.622. The van der Waals surface area contributed by atoms with E-state index in [4.69, 9.17) is 4.74 Å². The maximum absolute atomic E-state index is 12.7. The third kappa shape index (κ3) is 3.88. The summed E-state index contributed by atoms with van der Waals surface area (Å²) in [4.78, 5) is 26.2. The Morgan fingerprint density at radius 3 is 2.64 bits per heavy atom. The van der Waals surface area contributed by atoms with E-state index in [1.165, 1.54) is 4.90 Å². The zero-order chi connectivity index (χ0) is 17.8. The van der Waals surface area contributed by atoms with Crippen molar-refractivity contribution in [3.8, 4) is 0 Å². The molecule has 0 N–H and O–H groups in total. The lowest BCUT2D eigenvalue weighted by Crippen LogP contribution is -2.40. The summed E-state index contributed by atoms with van der Waals surface area (Å²) in [5.74, 6) is -0.104. The van der Waals surface area contributed by atoms with Crippen LogP contribution in [0.1, 0.15) is 22.8 Å². The van der Waals surface area contributed by atoms with Crippen LogP contribution in [0.4, 0.5) is 4.79 Å². The van der Waals surface area contributed by atoms with E-state index in [0.29, 0.717) is 5.56 Å². The minimum Gasteiger partial charge on any atom is -0.445 e. The van der Waals surface area contributed by atoms with Crippen LogP contribution in [-0.4, -0.2) is 29.9 Å². The van der Waals surface area contributed by atoms with Gasteiger partial charge < -0.3 is 9.64 Å². The largest absolute Gasteiger partial charge is 0.445 e. The molecule has 128 valence electrons. The molecule has 1 heterocycles. The molecule has 0 aliphatic rings. The van der Waals surface area contributed by atoms with Crippen LogP contribution in [0.5, 0.6) is 0 Å². The van der Waals surface area contributed by atoms with Crippen molar-refractivity contribution < 1.29 is 14.3 Å². The van der Waals surface area contributed by atoms with E-state index in [9.17, 15) is 9.59 Å². The van der Waals surface area contributed by atoms with Gasteiger partial charge in [0.05, 0.1) is 6.04 Å². The Balaban J connectivity index is 1.64. The highest BCUT2D eigenvalue weighted by Crippen LogP contribution is 2.23. The number of nitrogens with zero attached hydrogens (tertiary/aromatic N) is 1. The summed E-state index contributed by atoms with van der Waals surface area (Å²) in [7, 11) is 1.58. The smallest absolute Gasteiger partial charge is 0.410 e. The van der Waals surface area contributed by atoms with Gasteiger partial charge in [-0.15, -0.1) is 11.3 Å². The summed E-state index contributed by atoms with van der Waals surface area (Å²) in [6, 6.07) is 16.5. The van der Waals surface area contributed by atoms with E-state index in [1.807, 2.05) is 53.9 Å². The highest BCUT2D eigenvalue weighted by atomic mass is 32.1. The molecule has 1 unspecified atom stereocenters. The summed E-state index contributed by atoms with van der Waals surface area (Å²) >= 11 is 1.64. The Morgan fingerprint density at radius 1 is 1.12 bits per heavy atom. The first kappa shape index (κ1) is 17.2. The molecule has 0 saturated heterocycles. The fraction of sp³-hybridized carbons (Fsp3) is 0.200. The molecule has 0 saturated carbocycles. The van der Waals surface area contributed by atoms with Crippen molar-refractivity contribution in [2.75, 3.05) is 7.05 Å². The van der Waals surface area contributed by atoms with Crippen molar-refractivity contribution in [3.63, 3.8) is 0 Å². The van der Waals surface area contributed by atoms with Gasteiger partial charge in [0.1, 0.15) is 6.61 Å². The van der Waals surface area contributed by atoms with Crippen molar-refractivity contribution >= 4 is 33.3 Å². The van der Waals surface area contributed by atoms with Crippen molar-refractivity contribution in [2.24, 2.45) is 0 Å². The molecule has 0 aliphatic carbocycles. The number of hydrogen-bond acceptors (Lipinski definition) is 4. The number of fused-ring (bicyclic) bond motifs is 1. The third-order valence-electron chi connectivity index (χ3n) is 4.19. The lowest BCUT2D eigenvalue weighted by Gasteiger charge is -2.23. The van der Waals surface area contributed by atoms with E-state index in [0.717, 1.165) is 15.6 Å². The highest BCUT2D eigenvalue weighted by molar-refractivity contribution is 7.17. The van der Waals surface area contributed by atoms with Gasteiger partial charge in [-0.3, -0.25) is 4.79 Å². The van der Waals surface area contributed by atoms with E-state index < -0.39 is 12.1 Å². The van der Waals surface area contributed by atoms with Gasteiger partial charge in [-0.1, -0.05) is 30.3 Å². The number of benzene rings is 2. The lowest BCUT2D eigenvalue weighted by atomic mass is 10.0. The van der Waals surface area contributed by atoms with Gasteiger partial charge >= 0.3 is 6.09 Å². The second kappa shape index (κ2) is 7.49. The molecule has 0 bridgehead atoms. The van der Waals surface area contributed by atoms with E-state index >= 15 is 0 Å². The van der Waals surface area contributed by atoms with Crippen molar-refractivity contribution in [2.45, 2.75) is 19.6 Å². The van der Waals surface area contributed by atoms with Gasteiger partial charge in [0.25, 0.3) is 0 Å². The van der Waals surface area contributed by atoms with Crippen molar-refractivity contribution in [1.82, 2.24) is 4.90 Å². The standard InChI is InChI=1S/C20H19NO3S/c1-14(19(22)17-8-9-18-16(12-17)10-11-25-18)21(2)20(23)24-13-15-6-4-3-5-7-15/h3-12,14H,13H2,1-2H3. The average molecular weight is 353 g/mol. The summed E-state index contributed by atoms with van der Waals surface area (Å²) in [6.45, 7) is 1.90. The fourth-order valence-electron chi connectivity index (χ4n) is 2.52. The molecule has 0 radical (unpaired) electrons. The van der Waals surface area contributed by atoms with Gasteiger partial charge in [-0.2, -0.15) is 0 Å². The minimum atomic E-state index is -0.598. The molecule has 0 fully saturated rings. The molecular weight excluding hydrogens is 334 g/mol. The second-order valence-corrected chi connectivity index (χ2v) is 6.81. The first-order valence-electron chi connectivity index (χ1n) is 8.01.